The van der Waals surface area contributed by atoms with Crippen LogP contribution in [0.1, 0.15) is 68.2 Å². The fourth-order valence-corrected chi connectivity index (χ4v) is 13.0. The molecule has 4 bridgehead atoms. The van der Waals surface area contributed by atoms with Crippen LogP contribution in [0, 0.1) is 23.7 Å². The molecule has 7 aromatic rings. The van der Waals surface area contributed by atoms with Crippen molar-refractivity contribution in [3.8, 4) is 55.6 Å². The molecule has 0 saturated heterocycles. The first-order chi connectivity index (χ1) is 26.0. The van der Waals surface area contributed by atoms with Gasteiger partial charge in [-0.25, -0.2) is 0 Å². The standard InChI is InChI=1S/C53H44/c1-52(2)47-18-6-5-13-44(47)45-17-8-16-43(51(45)52)37-24-25-46-49(31-37)53(38-27-32-26-33(29-38)30-39(53)28-32)48-19-9-15-42(50(46)48)36-22-20-35(21-23-36)41-14-7-11-34-10-3-4-12-40(34)41/h3-25,31-33,38-39H,26-30H2,1-2H3. The van der Waals surface area contributed by atoms with Crippen LogP contribution in [0.25, 0.3) is 66.4 Å². The van der Waals surface area contributed by atoms with Crippen LogP contribution in [0.15, 0.2) is 146 Å². The maximum Gasteiger partial charge on any atom is 0.0272 e. The van der Waals surface area contributed by atoms with E-state index in [4.69, 9.17) is 0 Å². The molecule has 4 saturated carbocycles. The summed E-state index contributed by atoms with van der Waals surface area (Å²) in [7, 11) is 0. The van der Waals surface area contributed by atoms with E-state index < -0.39 is 0 Å². The molecule has 6 aliphatic rings. The number of hydrogen-bond acceptors (Lipinski definition) is 0. The van der Waals surface area contributed by atoms with Crippen molar-refractivity contribution < 1.29 is 0 Å². The second-order valence-corrected chi connectivity index (χ2v) is 17.7. The first kappa shape index (κ1) is 30.3. The van der Waals surface area contributed by atoms with Crippen LogP contribution in [0.3, 0.4) is 0 Å². The van der Waals surface area contributed by atoms with Crippen LogP contribution < -0.4 is 0 Å². The smallest absolute Gasteiger partial charge is 0.0272 e. The van der Waals surface area contributed by atoms with Gasteiger partial charge in [-0.1, -0.05) is 153 Å². The summed E-state index contributed by atoms with van der Waals surface area (Å²) in [6.45, 7) is 4.86. The lowest BCUT2D eigenvalue weighted by atomic mass is 9.43. The highest BCUT2D eigenvalue weighted by Gasteiger charge is 2.62. The molecular weight excluding hydrogens is 637 g/mol. The average molecular weight is 681 g/mol. The van der Waals surface area contributed by atoms with Crippen molar-refractivity contribution in [1.82, 2.24) is 0 Å². The van der Waals surface area contributed by atoms with E-state index in [1.807, 2.05) is 0 Å². The molecule has 0 heterocycles. The summed E-state index contributed by atoms with van der Waals surface area (Å²) in [5.41, 5.74) is 20.1. The molecule has 1 spiro atoms. The van der Waals surface area contributed by atoms with E-state index in [0.29, 0.717) is 0 Å². The van der Waals surface area contributed by atoms with Gasteiger partial charge < -0.3 is 0 Å². The predicted molar refractivity (Wildman–Crippen MR) is 221 cm³/mol. The van der Waals surface area contributed by atoms with Crippen molar-refractivity contribution in [2.24, 2.45) is 23.7 Å². The normalized spacial score (nSPS) is 25.0. The van der Waals surface area contributed by atoms with Crippen LogP contribution in [0.4, 0.5) is 0 Å². The van der Waals surface area contributed by atoms with Gasteiger partial charge in [-0.3, -0.25) is 0 Å². The number of fused-ring (bicyclic) bond motifs is 7. The van der Waals surface area contributed by atoms with Gasteiger partial charge in [-0.2, -0.15) is 0 Å². The van der Waals surface area contributed by atoms with E-state index in [9.17, 15) is 0 Å². The summed E-state index contributed by atoms with van der Waals surface area (Å²) in [6, 6.07) is 56.1. The maximum absolute atomic E-state index is 2.69. The monoisotopic (exact) mass is 680 g/mol. The van der Waals surface area contributed by atoms with Gasteiger partial charge in [0.15, 0.2) is 0 Å². The molecule has 0 aliphatic heterocycles. The number of benzene rings is 7. The summed E-state index contributed by atoms with van der Waals surface area (Å²) in [5, 5.41) is 2.61. The molecular formula is C53H44. The molecule has 0 unspecified atom stereocenters. The lowest BCUT2D eigenvalue weighted by Crippen LogP contribution is -2.55. The van der Waals surface area contributed by atoms with Crippen molar-refractivity contribution in [3.05, 3.63) is 168 Å². The molecule has 13 rings (SSSR count). The fourth-order valence-electron chi connectivity index (χ4n) is 13.0. The zero-order chi connectivity index (χ0) is 35.1. The third kappa shape index (κ3) is 3.97. The van der Waals surface area contributed by atoms with Crippen LogP contribution in [-0.4, -0.2) is 0 Å². The van der Waals surface area contributed by atoms with Gasteiger partial charge in [0.1, 0.15) is 0 Å². The highest BCUT2D eigenvalue weighted by molar-refractivity contribution is 5.98. The van der Waals surface area contributed by atoms with E-state index in [2.05, 4.69) is 159 Å². The highest BCUT2D eigenvalue weighted by Crippen LogP contribution is 2.70. The molecule has 7 aromatic carbocycles. The van der Waals surface area contributed by atoms with Gasteiger partial charge >= 0.3 is 0 Å². The summed E-state index contributed by atoms with van der Waals surface area (Å²) in [5.74, 6) is 3.28. The largest absolute Gasteiger partial charge is 0.0619 e. The zero-order valence-electron chi connectivity index (χ0n) is 30.7. The topological polar surface area (TPSA) is 0 Å². The van der Waals surface area contributed by atoms with Crippen molar-refractivity contribution in [1.29, 1.82) is 0 Å². The summed E-state index contributed by atoms with van der Waals surface area (Å²) in [4.78, 5) is 0. The third-order valence-corrected chi connectivity index (χ3v) is 14.9. The molecule has 0 amide bonds. The van der Waals surface area contributed by atoms with Gasteiger partial charge in [0.2, 0.25) is 0 Å². The lowest BCUT2D eigenvalue weighted by molar-refractivity contribution is -0.0399. The Labute approximate surface area is 313 Å². The molecule has 53 heavy (non-hydrogen) atoms. The van der Waals surface area contributed by atoms with Gasteiger partial charge in [0.25, 0.3) is 0 Å². The average Bonchev–Trinajstić information content (AvgIpc) is 3.62. The summed E-state index contributed by atoms with van der Waals surface area (Å²) >= 11 is 0. The quantitative estimate of drug-likeness (QED) is 0.174. The Kier molecular flexibility index (Phi) is 6.11. The zero-order valence-corrected chi connectivity index (χ0v) is 30.7. The molecule has 0 atom stereocenters. The van der Waals surface area contributed by atoms with Crippen LogP contribution in [0.5, 0.6) is 0 Å². The SMILES string of the molecule is CC1(C)c2ccccc2-c2cccc(-c3ccc4c(c3)C3(c5cccc(-c6ccc(-c7cccc8ccccc78)cc6)c5-4)C4CC5CC(C4)CC3C5)c21. The Hall–Kier alpha value is -5.20. The van der Waals surface area contributed by atoms with E-state index >= 15 is 0 Å². The van der Waals surface area contributed by atoms with Crippen LogP contribution >= 0.6 is 0 Å². The maximum atomic E-state index is 2.69. The third-order valence-electron chi connectivity index (χ3n) is 14.9. The number of hydrogen-bond donors (Lipinski definition) is 0. The molecule has 256 valence electrons. The Balaban J connectivity index is 1.05. The molecule has 0 heteroatoms. The van der Waals surface area contributed by atoms with E-state index in [1.165, 1.54) is 110 Å². The second kappa shape index (κ2) is 10.7. The minimum atomic E-state index is -0.0455. The Morgan fingerprint density at radius 2 is 0.981 bits per heavy atom. The van der Waals surface area contributed by atoms with Crippen molar-refractivity contribution in [3.63, 3.8) is 0 Å². The highest BCUT2D eigenvalue weighted by atomic mass is 14.6. The van der Waals surface area contributed by atoms with Gasteiger partial charge in [-0.15, -0.1) is 0 Å². The van der Waals surface area contributed by atoms with E-state index in [1.54, 1.807) is 11.1 Å². The van der Waals surface area contributed by atoms with Crippen LogP contribution in [-0.2, 0) is 10.8 Å². The Morgan fingerprint density at radius 3 is 1.79 bits per heavy atom. The number of rotatable bonds is 3. The van der Waals surface area contributed by atoms with Crippen molar-refractivity contribution >= 4 is 10.8 Å². The molecule has 0 N–H and O–H groups in total. The lowest BCUT2D eigenvalue weighted by Gasteiger charge is -2.61. The first-order valence-electron chi connectivity index (χ1n) is 20.1. The first-order valence-corrected chi connectivity index (χ1v) is 20.1. The van der Waals surface area contributed by atoms with E-state index in [-0.39, 0.29) is 10.8 Å². The van der Waals surface area contributed by atoms with Crippen molar-refractivity contribution in [2.45, 2.75) is 56.8 Å². The van der Waals surface area contributed by atoms with Gasteiger partial charge in [0.05, 0.1) is 0 Å². The predicted octanol–water partition coefficient (Wildman–Crippen LogP) is 13.9. The summed E-state index contributed by atoms with van der Waals surface area (Å²) in [6.07, 6.45) is 7.04. The molecule has 4 fully saturated rings. The van der Waals surface area contributed by atoms with Gasteiger partial charge in [-0.05, 0) is 151 Å². The van der Waals surface area contributed by atoms with Gasteiger partial charge in [0, 0.05) is 10.8 Å². The second-order valence-electron chi connectivity index (χ2n) is 17.7. The van der Waals surface area contributed by atoms with Crippen molar-refractivity contribution in [2.75, 3.05) is 0 Å². The summed E-state index contributed by atoms with van der Waals surface area (Å²) < 4.78 is 0. The molecule has 6 aliphatic carbocycles. The minimum Gasteiger partial charge on any atom is -0.0619 e. The Morgan fingerprint density at radius 1 is 0.415 bits per heavy atom. The molecule has 0 radical (unpaired) electrons. The molecule has 0 aromatic heterocycles. The fraction of sp³-hybridized carbons (Fsp3) is 0.245. The molecule has 0 nitrogen and oxygen atoms in total. The minimum absolute atomic E-state index is 0.0455. The van der Waals surface area contributed by atoms with E-state index in [0.717, 1.165) is 23.7 Å². The Bertz CT molecular complexity index is 2620. The van der Waals surface area contributed by atoms with Crippen LogP contribution in [0.2, 0.25) is 0 Å².